The van der Waals surface area contributed by atoms with Crippen LogP contribution in [-0.4, -0.2) is 36.0 Å². The molecule has 0 bridgehead atoms. The second-order valence-electron chi connectivity index (χ2n) is 6.55. The number of nitrogens with two attached hydrogens (primary N) is 1. The molecule has 0 saturated heterocycles. The molecule has 0 aromatic heterocycles. The van der Waals surface area contributed by atoms with E-state index in [0.717, 1.165) is 13.0 Å². The highest BCUT2D eigenvalue weighted by Crippen LogP contribution is 2.43. The molecule has 0 radical (unpaired) electrons. The van der Waals surface area contributed by atoms with Gasteiger partial charge in [-0.15, -0.1) is 0 Å². The predicted octanol–water partition coefficient (Wildman–Crippen LogP) is 1.67. The van der Waals surface area contributed by atoms with Gasteiger partial charge >= 0.3 is 0 Å². The molecule has 0 spiro atoms. The van der Waals surface area contributed by atoms with E-state index < -0.39 is 5.54 Å². The summed E-state index contributed by atoms with van der Waals surface area (Å²) in [5.74, 6) is 0.304. The summed E-state index contributed by atoms with van der Waals surface area (Å²) in [5, 5.41) is 13.6. The largest absolute Gasteiger partial charge is 0.394 e. The Hall–Kier alpha value is -0.940. The summed E-state index contributed by atoms with van der Waals surface area (Å²) in [6.45, 7) is 5.03. The highest BCUT2D eigenvalue weighted by Gasteiger charge is 2.57. The summed E-state index contributed by atoms with van der Waals surface area (Å²) in [4.78, 5) is 0. The Morgan fingerprint density at radius 2 is 2.00 bits per heavy atom. The van der Waals surface area contributed by atoms with E-state index in [0.29, 0.717) is 12.3 Å². The lowest BCUT2D eigenvalue weighted by atomic mass is 9.72. The molecular formula is C17H28N2O2. The maximum Gasteiger partial charge on any atom is 0.0630 e. The van der Waals surface area contributed by atoms with Gasteiger partial charge in [0, 0.05) is 19.2 Å². The first-order valence-corrected chi connectivity index (χ1v) is 7.69. The van der Waals surface area contributed by atoms with Crippen molar-refractivity contribution in [2.24, 2.45) is 11.7 Å². The fraction of sp³-hybridized carbons (Fsp3) is 0.647. The molecule has 1 aliphatic rings. The third-order valence-electron chi connectivity index (χ3n) is 5.08. The monoisotopic (exact) mass is 292 g/mol. The van der Waals surface area contributed by atoms with Gasteiger partial charge in [-0.1, -0.05) is 44.2 Å². The van der Waals surface area contributed by atoms with Crippen LogP contribution in [0.25, 0.3) is 0 Å². The quantitative estimate of drug-likeness (QED) is 0.746. The summed E-state index contributed by atoms with van der Waals surface area (Å²) < 4.78 is 5.53. The van der Waals surface area contributed by atoms with Crippen LogP contribution < -0.4 is 11.1 Å². The van der Waals surface area contributed by atoms with Crippen molar-refractivity contribution in [2.75, 3.05) is 13.7 Å². The normalized spacial score (nSPS) is 32.8. The lowest BCUT2D eigenvalue weighted by Crippen LogP contribution is -2.68. The van der Waals surface area contributed by atoms with Crippen LogP contribution in [0.15, 0.2) is 30.3 Å². The molecule has 1 aromatic rings. The highest BCUT2D eigenvalue weighted by atomic mass is 16.5. The van der Waals surface area contributed by atoms with Crippen molar-refractivity contribution in [3.8, 4) is 0 Å². The number of nitrogens with one attached hydrogen (secondary N) is 1. The van der Waals surface area contributed by atoms with Gasteiger partial charge in [0.25, 0.3) is 0 Å². The second-order valence-corrected chi connectivity index (χ2v) is 6.55. The third-order valence-corrected chi connectivity index (χ3v) is 5.08. The second kappa shape index (κ2) is 6.44. The maximum atomic E-state index is 9.90. The van der Waals surface area contributed by atoms with E-state index in [2.05, 4.69) is 31.3 Å². The van der Waals surface area contributed by atoms with Crippen molar-refractivity contribution in [1.29, 1.82) is 0 Å². The van der Waals surface area contributed by atoms with E-state index in [4.69, 9.17) is 10.5 Å². The van der Waals surface area contributed by atoms with Gasteiger partial charge in [0.15, 0.2) is 0 Å². The van der Waals surface area contributed by atoms with Gasteiger partial charge < -0.3 is 20.9 Å². The van der Waals surface area contributed by atoms with Crippen molar-refractivity contribution in [3.63, 3.8) is 0 Å². The number of methoxy groups -OCH3 is 1. The molecule has 3 atom stereocenters. The maximum absolute atomic E-state index is 9.90. The number of rotatable bonds is 6. The zero-order valence-electron chi connectivity index (χ0n) is 13.3. The minimum atomic E-state index is -0.656. The van der Waals surface area contributed by atoms with Crippen LogP contribution in [0.2, 0.25) is 0 Å². The van der Waals surface area contributed by atoms with Gasteiger partial charge in [-0.05, 0) is 24.3 Å². The Bertz CT molecular complexity index is 451. The van der Waals surface area contributed by atoms with Crippen LogP contribution in [0.5, 0.6) is 0 Å². The molecule has 0 heterocycles. The number of aliphatic hydroxyl groups is 1. The van der Waals surface area contributed by atoms with Crippen LogP contribution in [0.4, 0.5) is 0 Å². The van der Waals surface area contributed by atoms with Crippen LogP contribution in [0, 0.1) is 5.92 Å². The average Bonchev–Trinajstić information content (AvgIpc) is 2.80. The van der Waals surface area contributed by atoms with Crippen molar-refractivity contribution in [3.05, 3.63) is 35.9 Å². The fourth-order valence-electron chi connectivity index (χ4n) is 3.71. The highest BCUT2D eigenvalue weighted by molar-refractivity contribution is 5.20. The molecule has 2 rings (SSSR count). The van der Waals surface area contributed by atoms with Gasteiger partial charge in [0.05, 0.1) is 18.2 Å². The summed E-state index contributed by atoms with van der Waals surface area (Å²) in [6, 6.07) is 10.3. The Balaban J connectivity index is 2.23. The van der Waals surface area contributed by atoms with Gasteiger partial charge in [-0.2, -0.15) is 0 Å². The van der Waals surface area contributed by atoms with Crippen molar-refractivity contribution >= 4 is 0 Å². The number of benzene rings is 1. The standard InChI is InChI=1S/C17H28N2O2/c1-13(2)17(19-11-14-7-5-4-6-8-14)10-15(21-3)9-16(17,18)12-20/h4-8,13,15,19-20H,9-12,18H2,1-3H3. The summed E-state index contributed by atoms with van der Waals surface area (Å²) >= 11 is 0. The Labute approximate surface area is 127 Å². The molecule has 4 heteroatoms. The topological polar surface area (TPSA) is 67.5 Å². The van der Waals surface area contributed by atoms with Gasteiger partial charge in [-0.3, -0.25) is 0 Å². The first-order chi connectivity index (χ1) is 9.97. The van der Waals surface area contributed by atoms with Crippen LogP contribution in [0.1, 0.15) is 32.3 Å². The lowest BCUT2D eigenvalue weighted by Gasteiger charge is -2.46. The number of ether oxygens (including phenoxy) is 1. The smallest absolute Gasteiger partial charge is 0.0630 e. The van der Waals surface area contributed by atoms with Crippen molar-refractivity contribution < 1.29 is 9.84 Å². The van der Waals surface area contributed by atoms with E-state index in [-0.39, 0.29) is 18.2 Å². The molecule has 1 aromatic carbocycles. The molecule has 4 nitrogen and oxygen atoms in total. The van der Waals surface area contributed by atoms with Gasteiger partial charge in [0.2, 0.25) is 0 Å². The third kappa shape index (κ3) is 2.99. The van der Waals surface area contributed by atoms with Crippen molar-refractivity contribution in [2.45, 2.75) is 50.4 Å². The lowest BCUT2D eigenvalue weighted by molar-refractivity contribution is 0.0787. The molecule has 0 aliphatic heterocycles. The SMILES string of the molecule is COC1CC(N)(CO)C(NCc2ccccc2)(C(C)C)C1. The van der Waals surface area contributed by atoms with E-state index in [1.54, 1.807) is 7.11 Å². The molecule has 0 amide bonds. The van der Waals surface area contributed by atoms with E-state index in [1.807, 2.05) is 18.2 Å². The van der Waals surface area contributed by atoms with Crippen LogP contribution in [-0.2, 0) is 11.3 Å². The molecule has 3 unspecified atom stereocenters. The summed E-state index contributed by atoms with van der Waals surface area (Å²) in [5.41, 5.74) is 6.82. The van der Waals surface area contributed by atoms with Crippen molar-refractivity contribution in [1.82, 2.24) is 5.32 Å². The molecule has 1 fully saturated rings. The molecule has 21 heavy (non-hydrogen) atoms. The molecule has 118 valence electrons. The van der Waals surface area contributed by atoms with Crippen LogP contribution >= 0.6 is 0 Å². The minimum absolute atomic E-state index is 0.0349. The summed E-state index contributed by atoms with van der Waals surface area (Å²) in [7, 11) is 1.72. The number of aliphatic hydroxyl groups excluding tert-OH is 1. The van der Waals surface area contributed by atoms with E-state index >= 15 is 0 Å². The first kappa shape index (κ1) is 16.4. The van der Waals surface area contributed by atoms with Gasteiger partial charge in [-0.25, -0.2) is 0 Å². The fourth-order valence-corrected chi connectivity index (χ4v) is 3.71. The average molecular weight is 292 g/mol. The molecule has 4 N–H and O–H groups in total. The summed E-state index contributed by atoms with van der Waals surface area (Å²) in [6.07, 6.45) is 1.60. The molecular weight excluding hydrogens is 264 g/mol. The zero-order valence-corrected chi connectivity index (χ0v) is 13.3. The Morgan fingerprint density at radius 1 is 1.33 bits per heavy atom. The minimum Gasteiger partial charge on any atom is -0.394 e. The Kier molecular flexibility index (Phi) is 5.04. The van der Waals surface area contributed by atoms with Crippen LogP contribution in [0.3, 0.4) is 0 Å². The number of hydrogen-bond donors (Lipinski definition) is 3. The number of hydrogen-bond acceptors (Lipinski definition) is 4. The Morgan fingerprint density at radius 3 is 2.52 bits per heavy atom. The van der Waals surface area contributed by atoms with Gasteiger partial charge in [0.1, 0.15) is 0 Å². The zero-order chi connectivity index (χ0) is 15.5. The molecule has 1 aliphatic carbocycles. The predicted molar refractivity (Wildman–Crippen MR) is 84.9 cm³/mol. The first-order valence-electron chi connectivity index (χ1n) is 7.69. The van der Waals surface area contributed by atoms with E-state index in [9.17, 15) is 5.11 Å². The van der Waals surface area contributed by atoms with E-state index in [1.165, 1.54) is 5.56 Å². The molecule has 1 saturated carbocycles.